The third-order valence-electron chi connectivity index (χ3n) is 3.52. The van der Waals surface area contributed by atoms with Crippen LogP contribution < -0.4 is 5.32 Å². The van der Waals surface area contributed by atoms with Gasteiger partial charge in [-0.25, -0.2) is 8.42 Å². The van der Waals surface area contributed by atoms with E-state index in [2.05, 4.69) is 25.6 Å². The molecule has 1 amide bonds. The van der Waals surface area contributed by atoms with Crippen LogP contribution in [-0.2, 0) is 14.8 Å². The fraction of sp³-hybridized carbons (Fsp3) is 0.200. The quantitative estimate of drug-likeness (QED) is 0.832. The molecule has 3 rings (SSSR count). The molecule has 2 aliphatic heterocycles. The van der Waals surface area contributed by atoms with Crippen LogP contribution in [0.25, 0.3) is 0 Å². The van der Waals surface area contributed by atoms with Gasteiger partial charge in [-0.05, 0) is 36.8 Å². The van der Waals surface area contributed by atoms with E-state index in [1.165, 1.54) is 6.08 Å². The zero-order valence-corrected chi connectivity index (χ0v) is 14.7. The first-order chi connectivity index (χ1) is 10.8. The molecule has 0 aromatic heterocycles. The fourth-order valence-electron chi connectivity index (χ4n) is 2.21. The van der Waals surface area contributed by atoms with E-state index in [1.54, 1.807) is 17.2 Å². The number of nitrogens with one attached hydrogen (secondary N) is 1. The number of amidine groups is 1. The van der Waals surface area contributed by atoms with E-state index >= 15 is 0 Å². The number of amides is 1. The van der Waals surface area contributed by atoms with Gasteiger partial charge in [-0.3, -0.25) is 4.79 Å². The summed E-state index contributed by atoms with van der Waals surface area (Å²) in [5, 5.41) is 2.82. The highest BCUT2D eigenvalue weighted by Crippen LogP contribution is 2.22. The molecule has 1 aromatic carbocycles. The second kappa shape index (κ2) is 5.93. The Balaban J connectivity index is 1.78. The second-order valence-electron chi connectivity index (χ2n) is 5.26. The van der Waals surface area contributed by atoms with Crippen molar-refractivity contribution >= 4 is 43.4 Å². The Morgan fingerprint density at radius 2 is 2.13 bits per heavy atom. The Hall–Kier alpha value is -1.93. The smallest absolute Gasteiger partial charge is 0.257 e. The van der Waals surface area contributed by atoms with Gasteiger partial charge in [0.15, 0.2) is 0 Å². The minimum atomic E-state index is -3.39. The molecule has 0 saturated heterocycles. The van der Waals surface area contributed by atoms with Crippen LogP contribution in [0.5, 0.6) is 0 Å². The van der Waals surface area contributed by atoms with Gasteiger partial charge in [0.05, 0.1) is 11.3 Å². The number of halogens is 1. The lowest BCUT2D eigenvalue weighted by molar-refractivity contribution is -0.112. The van der Waals surface area contributed by atoms with Gasteiger partial charge in [-0.15, -0.1) is 4.40 Å². The van der Waals surface area contributed by atoms with Gasteiger partial charge in [0.1, 0.15) is 5.84 Å². The number of carbonyl (C=O) groups is 1. The number of benzene rings is 1. The molecule has 6 nitrogen and oxygen atoms in total. The molecule has 8 heteroatoms. The second-order valence-corrected chi connectivity index (χ2v) is 7.87. The zero-order valence-electron chi connectivity index (χ0n) is 12.3. The minimum Gasteiger partial charge on any atom is -0.330 e. The highest BCUT2D eigenvalue weighted by Gasteiger charge is 2.24. The first-order valence-electron chi connectivity index (χ1n) is 6.91. The molecular weight excluding hydrogens is 382 g/mol. The van der Waals surface area contributed by atoms with Gasteiger partial charge in [-0.2, -0.15) is 0 Å². The SMILES string of the molecule is Cc1ccc(NC(=O)C2=CN3CCS(=O)(=O)N=C3C=C2)cc1Br. The molecule has 1 aromatic rings. The predicted molar refractivity (Wildman–Crippen MR) is 92.7 cm³/mol. The molecule has 0 unspecified atom stereocenters. The van der Waals surface area contributed by atoms with Crippen LogP contribution in [0.1, 0.15) is 5.56 Å². The van der Waals surface area contributed by atoms with Crippen molar-refractivity contribution in [3.8, 4) is 0 Å². The van der Waals surface area contributed by atoms with Crippen molar-refractivity contribution in [2.24, 2.45) is 4.40 Å². The van der Waals surface area contributed by atoms with Crippen LogP contribution in [0.3, 0.4) is 0 Å². The fourth-order valence-corrected chi connectivity index (χ4v) is 3.56. The van der Waals surface area contributed by atoms with Gasteiger partial charge < -0.3 is 10.2 Å². The van der Waals surface area contributed by atoms with E-state index in [0.717, 1.165) is 10.0 Å². The number of aryl methyl sites for hydroxylation is 1. The Kier molecular flexibility index (Phi) is 4.11. The van der Waals surface area contributed by atoms with Gasteiger partial charge >= 0.3 is 0 Å². The van der Waals surface area contributed by atoms with Gasteiger partial charge in [-0.1, -0.05) is 22.0 Å². The average Bonchev–Trinajstić information content (AvgIpc) is 2.49. The van der Waals surface area contributed by atoms with E-state index in [1.807, 2.05) is 25.1 Å². The van der Waals surface area contributed by atoms with Crippen LogP contribution in [0, 0.1) is 6.92 Å². The molecule has 120 valence electrons. The largest absolute Gasteiger partial charge is 0.330 e. The molecule has 0 aliphatic carbocycles. The number of carbonyl (C=O) groups excluding carboxylic acids is 1. The van der Waals surface area contributed by atoms with Crippen molar-refractivity contribution < 1.29 is 13.2 Å². The highest BCUT2D eigenvalue weighted by molar-refractivity contribution is 9.10. The summed E-state index contributed by atoms with van der Waals surface area (Å²) in [4.78, 5) is 14.0. The van der Waals surface area contributed by atoms with Crippen LogP contribution in [0.15, 0.2) is 51.0 Å². The summed E-state index contributed by atoms with van der Waals surface area (Å²) in [6.07, 6.45) is 4.72. The van der Waals surface area contributed by atoms with Gasteiger partial charge in [0, 0.05) is 22.9 Å². The summed E-state index contributed by atoms with van der Waals surface area (Å²) < 4.78 is 27.5. The van der Waals surface area contributed by atoms with Gasteiger partial charge in [0.2, 0.25) is 0 Å². The lowest BCUT2D eigenvalue weighted by Crippen LogP contribution is -2.37. The summed E-state index contributed by atoms with van der Waals surface area (Å²) in [5.74, 6) is 0.0241. The van der Waals surface area contributed by atoms with Crippen LogP contribution in [0.2, 0.25) is 0 Å². The number of anilines is 1. The molecule has 0 fully saturated rings. The van der Waals surface area contributed by atoms with E-state index < -0.39 is 10.0 Å². The molecule has 1 N–H and O–H groups in total. The number of sulfonamides is 1. The topological polar surface area (TPSA) is 78.8 Å². The monoisotopic (exact) mass is 395 g/mol. The van der Waals surface area contributed by atoms with E-state index in [4.69, 9.17) is 0 Å². The molecule has 23 heavy (non-hydrogen) atoms. The molecule has 0 spiro atoms. The molecule has 0 bridgehead atoms. The molecular formula is C15H14BrN3O3S. The average molecular weight is 396 g/mol. The normalized spacial score (nSPS) is 18.8. The molecule has 0 atom stereocenters. The highest BCUT2D eigenvalue weighted by atomic mass is 79.9. The molecule has 0 radical (unpaired) electrons. The van der Waals surface area contributed by atoms with E-state index in [9.17, 15) is 13.2 Å². The van der Waals surface area contributed by atoms with E-state index in [0.29, 0.717) is 23.6 Å². The zero-order chi connectivity index (χ0) is 16.6. The maximum atomic E-state index is 12.3. The maximum Gasteiger partial charge on any atom is 0.257 e. The molecule has 2 heterocycles. The summed E-state index contributed by atoms with van der Waals surface area (Å²) in [5.41, 5.74) is 2.21. The minimum absolute atomic E-state index is 0.0549. The van der Waals surface area contributed by atoms with Crippen molar-refractivity contribution in [2.45, 2.75) is 6.92 Å². The summed E-state index contributed by atoms with van der Waals surface area (Å²) in [7, 11) is -3.39. The maximum absolute atomic E-state index is 12.3. The third kappa shape index (κ3) is 3.53. The van der Waals surface area contributed by atoms with Crippen molar-refractivity contribution in [2.75, 3.05) is 17.6 Å². The summed E-state index contributed by atoms with van der Waals surface area (Å²) in [6, 6.07) is 5.57. The summed E-state index contributed by atoms with van der Waals surface area (Å²) >= 11 is 3.43. The van der Waals surface area contributed by atoms with Crippen molar-refractivity contribution in [1.82, 2.24) is 4.90 Å². The van der Waals surface area contributed by atoms with Crippen LogP contribution in [-0.4, -0.2) is 37.4 Å². The van der Waals surface area contributed by atoms with Crippen molar-refractivity contribution in [3.63, 3.8) is 0 Å². The standard InChI is InChI=1S/C15H14BrN3O3S/c1-10-2-4-12(8-13(10)16)17-15(20)11-3-5-14-18-23(21,22)7-6-19(14)9-11/h2-5,8-9H,6-7H2,1H3,(H,17,20). The van der Waals surface area contributed by atoms with E-state index in [-0.39, 0.29) is 11.7 Å². The lowest BCUT2D eigenvalue weighted by Gasteiger charge is -2.26. The van der Waals surface area contributed by atoms with Crippen molar-refractivity contribution in [3.05, 3.63) is 52.2 Å². The predicted octanol–water partition coefficient (Wildman–Crippen LogP) is 2.19. The first-order valence-corrected chi connectivity index (χ1v) is 9.31. The van der Waals surface area contributed by atoms with Gasteiger partial charge in [0.25, 0.3) is 15.9 Å². The molecule has 0 saturated carbocycles. The molecule has 2 aliphatic rings. The van der Waals surface area contributed by atoms with Crippen molar-refractivity contribution in [1.29, 1.82) is 0 Å². The Labute approximate surface area is 142 Å². The van der Waals surface area contributed by atoms with Crippen LogP contribution in [0.4, 0.5) is 5.69 Å². The number of hydrogen-bond acceptors (Lipinski definition) is 4. The Bertz CT molecular complexity index is 872. The summed E-state index contributed by atoms with van der Waals surface area (Å²) in [6.45, 7) is 2.26. The Morgan fingerprint density at radius 1 is 1.35 bits per heavy atom. The number of nitrogens with zero attached hydrogens (tertiary/aromatic N) is 2. The first kappa shape index (κ1) is 15.9. The van der Waals surface area contributed by atoms with Crippen LogP contribution >= 0.6 is 15.9 Å². The number of hydrogen-bond donors (Lipinski definition) is 1. The Morgan fingerprint density at radius 3 is 2.87 bits per heavy atom. The third-order valence-corrected chi connectivity index (χ3v) is 5.53. The number of rotatable bonds is 2. The lowest BCUT2D eigenvalue weighted by atomic mass is 10.1. The number of fused-ring (bicyclic) bond motifs is 1.